The van der Waals surface area contributed by atoms with Crippen LogP contribution in [0.4, 0.5) is 0 Å². The molecule has 0 unspecified atom stereocenters. The third-order valence-corrected chi connectivity index (χ3v) is 10.5. The summed E-state index contributed by atoms with van der Waals surface area (Å²) < 4.78 is 0. The van der Waals surface area contributed by atoms with Crippen LogP contribution in [0.15, 0.2) is 0 Å². The fourth-order valence-corrected chi connectivity index (χ4v) is 8.37. The summed E-state index contributed by atoms with van der Waals surface area (Å²) >= 11 is 0. The van der Waals surface area contributed by atoms with E-state index in [4.69, 9.17) is 0 Å². The maximum atomic E-state index is 13.4. The van der Waals surface area contributed by atoms with Crippen LogP contribution in [0, 0.1) is 0 Å². The fraction of sp³-hybridized carbons (Fsp3) is 0.941. The molecule has 218 valence electrons. The predicted octanol–water partition coefficient (Wildman–Crippen LogP) is 9.10. The zero-order chi connectivity index (χ0) is 26.4. The van der Waals surface area contributed by atoms with Crippen LogP contribution in [0.5, 0.6) is 0 Å². The number of unbranched alkanes of at least 4 members (excludes halogenated alkanes) is 5. The molecule has 4 heteroatoms. The Morgan fingerprint density at radius 3 is 0.868 bits per heavy atom. The summed E-state index contributed by atoms with van der Waals surface area (Å²) in [6, 6.07) is 2.11. The summed E-state index contributed by atoms with van der Waals surface area (Å²) in [4.78, 5) is 31.5. The van der Waals surface area contributed by atoms with E-state index in [1.807, 2.05) is 0 Å². The van der Waals surface area contributed by atoms with Crippen LogP contribution >= 0.6 is 0 Å². The van der Waals surface area contributed by atoms with Gasteiger partial charge in [-0.1, -0.05) is 103 Å². The lowest BCUT2D eigenvalue weighted by Crippen LogP contribution is -2.48. The Morgan fingerprint density at radius 1 is 0.368 bits per heavy atom. The van der Waals surface area contributed by atoms with Crippen molar-refractivity contribution in [1.82, 2.24) is 9.80 Å². The highest BCUT2D eigenvalue weighted by molar-refractivity contribution is 5.77. The minimum Gasteiger partial charge on any atom is -0.337 e. The Hall–Kier alpha value is -1.06. The highest BCUT2D eigenvalue weighted by Crippen LogP contribution is 2.32. The van der Waals surface area contributed by atoms with Gasteiger partial charge in [-0.25, -0.2) is 0 Å². The molecule has 4 fully saturated rings. The summed E-state index contributed by atoms with van der Waals surface area (Å²) in [6.45, 7) is 0. The molecule has 0 aromatic carbocycles. The Morgan fingerprint density at radius 2 is 0.605 bits per heavy atom. The molecule has 0 radical (unpaired) electrons. The van der Waals surface area contributed by atoms with E-state index < -0.39 is 0 Å². The predicted molar refractivity (Wildman–Crippen MR) is 158 cm³/mol. The molecule has 0 aromatic rings. The van der Waals surface area contributed by atoms with Crippen LogP contribution in [0.1, 0.15) is 180 Å². The first-order valence-electron chi connectivity index (χ1n) is 17.4. The van der Waals surface area contributed by atoms with Gasteiger partial charge in [0, 0.05) is 37.0 Å². The van der Waals surface area contributed by atoms with Gasteiger partial charge in [-0.05, 0) is 64.2 Å². The highest BCUT2D eigenvalue weighted by Gasteiger charge is 2.33. The molecule has 0 aromatic heterocycles. The Bertz CT molecular complexity index is 576. The van der Waals surface area contributed by atoms with Gasteiger partial charge >= 0.3 is 0 Å². The third-order valence-electron chi connectivity index (χ3n) is 10.5. The minimum atomic E-state index is 0.458. The Kier molecular flexibility index (Phi) is 13.3. The van der Waals surface area contributed by atoms with Crippen molar-refractivity contribution in [2.75, 3.05) is 0 Å². The molecule has 4 aliphatic rings. The summed E-state index contributed by atoms with van der Waals surface area (Å²) in [5.74, 6) is 0.917. The van der Waals surface area contributed by atoms with Crippen molar-refractivity contribution in [3.8, 4) is 0 Å². The van der Waals surface area contributed by atoms with Gasteiger partial charge in [0.15, 0.2) is 0 Å². The van der Waals surface area contributed by atoms with E-state index in [2.05, 4.69) is 9.80 Å². The van der Waals surface area contributed by atoms with Gasteiger partial charge in [0.25, 0.3) is 0 Å². The number of nitrogens with zero attached hydrogens (tertiary/aromatic N) is 2. The van der Waals surface area contributed by atoms with Gasteiger partial charge in [-0.2, -0.15) is 0 Å². The minimum absolute atomic E-state index is 0.458. The zero-order valence-corrected chi connectivity index (χ0v) is 24.8. The van der Waals surface area contributed by atoms with Crippen molar-refractivity contribution in [2.45, 2.75) is 204 Å². The van der Waals surface area contributed by atoms with E-state index >= 15 is 0 Å². The van der Waals surface area contributed by atoms with E-state index in [0.717, 1.165) is 25.7 Å². The van der Waals surface area contributed by atoms with Crippen LogP contribution in [-0.2, 0) is 9.59 Å². The fourth-order valence-electron chi connectivity index (χ4n) is 8.37. The lowest BCUT2D eigenvalue weighted by Gasteiger charge is -2.42. The van der Waals surface area contributed by atoms with Gasteiger partial charge in [-0.3, -0.25) is 9.59 Å². The molecule has 0 atom stereocenters. The first-order valence-corrected chi connectivity index (χ1v) is 17.4. The molecule has 38 heavy (non-hydrogen) atoms. The second-order valence-corrected chi connectivity index (χ2v) is 13.4. The van der Waals surface area contributed by atoms with E-state index in [1.165, 1.54) is 154 Å². The molecule has 4 nitrogen and oxygen atoms in total. The van der Waals surface area contributed by atoms with Crippen LogP contribution in [0.25, 0.3) is 0 Å². The number of rotatable bonds is 13. The van der Waals surface area contributed by atoms with E-state index in [9.17, 15) is 9.59 Å². The molecular formula is C34H60N2O2. The lowest BCUT2D eigenvalue weighted by molar-refractivity contribution is -0.139. The second kappa shape index (κ2) is 16.9. The first kappa shape index (κ1) is 29.9. The number of hydrogen-bond donors (Lipinski definition) is 0. The van der Waals surface area contributed by atoms with Crippen molar-refractivity contribution in [3.63, 3.8) is 0 Å². The summed E-state index contributed by atoms with van der Waals surface area (Å²) in [6.07, 6.45) is 34.1. The monoisotopic (exact) mass is 528 g/mol. The summed E-state index contributed by atoms with van der Waals surface area (Å²) in [5, 5.41) is 0. The molecule has 4 saturated carbocycles. The van der Waals surface area contributed by atoms with Crippen molar-refractivity contribution < 1.29 is 9.59 Å². The highest BCUT2D eigenvalue weighted by atomic mass is 16.2. The largest absolute Gasteiger partial charge is 0.337 e. The SMILES string of the molecule is O=C(CCCCCCCCC(=O)N(C1CCCCC1)C1CCCCC1)N(C1CCCCC1)C1CCCCC1. The van der Waals surface area contributed by atoms with Crippen LogP contribution < -0.4 is 0 Å². The molecule has 4 aliphatic carbocycles. The molecule has 0 spiro atoms. The van der Waals surface area contributed by atoms with Crippen LogP contribution in [-0.4, -0.2) is 45.8 Å². The molecular weight excluding hydrogens is 468 g/mol. The van der Waals surface area contributed by atoms with Crippen molar-refractivity contribution >= 4 is 11.8 Å². The molecule has 0 bridgehead atoms. The number of carbonyl (C=O) groups is 2. The quantitative estimate of drug-likeness (QED) is 0.224. The van der Waals surface area contributed by atoms with Crippen molar-refractivity contribution in [1.29, 1.82) is 0 Å². The summed E-state index contributed by atoms with van der Waals surface area (Å²) in [5.41, 5.74) is 0. The Balaban J connectivity index is 1.12. The van der Waals surface area contributed by atoms with Gasteiger partial charge in [0.05, 0.1) is 0 Å². The topological polar surface area (TPSA) is 40.6 Å². The number of amides is 2. The smallest absolute Gasteiger partial charge is 0.223 e. The second-order valence-electron chi connectivity index (χ2n) is 13.4. The maximum Gasteiger partial charge on any atom is 0.223 e. The van der Waals surface area contributed by atoms with E-state index in [-0.39, 0.29) is 0 Å². The van der Waals surface area contributed by atoms with Gasteiger partial charge in [-0.15, -0.1) is 0 Å². The normalized spacial score (nSPS) is 22.8. The molecule has 2 amide bonds. The maximum absolute atomic E-state index is 13.4. The molecule has 4 rings (SSSR count). The standard InChI is InChI=1S/C34H60N2O2/c37-33(35(29-19-9-5-10-20-29)30-21-11-6-12-22-30)27-17-3-1-2-4-18-28-34(38)36(31-23-13-7-14-24-31)32-25-15-8-16-26-32/h29-32H,1-28H2. The van der Waals surface area contributed by atoms with E-state index in [1.54, 1.807) is 0 Å². The Labute approximate surface area is 235 Å². The number of hydrogen-bond acceptors (Lipinski definition) is 2. The van der Waals surface area contributed by atoms with Gasteiger partial charge in [0.1, 0.15) is 0 Å². The van der Waals surface area contributed by atoms with Gasteiger partial charge in [0.2, 0.25) is 11.8 Å². The third kappa shape index (κ3) is 9.26. The summed E-state index contributed by atoms with van der Waals surface area (Å²) in [7, 11) is 0. The average molecular weight is 529 g/mol. The average Bonchev–Trinajstić information content (AvgIpc) is 2.97. The van der Waals surface area contributed by atoms with Crippen molar-refractivity contribution in [3.05, 3.63) is 0 Å². The number of carbonyl (C=O) groups excluding carboxylic acids is 2. The molecule has 0 saturated heterocycles. The van der Waals surface area contributed by atoms with E-state index in [0.29, 0.717) is 36.0 Å². The zero-order valence-electron chi connectivity index (χ0n) is 24.8. The molecule has 0 N–H and O–H groups in total. The molecule has 0 heterocycles. The van der Waals surface area contributed by atoms with Crippen LogP contribution in [0.2, 0.25) is 0 Å². The lowest BCUT2D eigenvalue weighted by atomic mass is 9.88. The van der Waals surface area contributed by atoms with Crippen LogP contribution in [0.3, 0.4) is 0 Å². The van der Waals surface area contributed by atoms with Crippen molar-refractivity contribution in [2.24, 2.45) is 0 Å². The first-order chi connectivity index (χ1) is 18.7. The molecule has 0 aliphatic heterocycles. The van der Waals surface area contributed by atoms with Gasteiger partial charge < -0.3 is 9.80 Å².